The Morgan fingerprint density at radius 3 is 2.48 bits per heavy atom. The molecule has 3 rings (SSSR count). The highest BCUT2D eigenvalue weighted by atomic mass is 32.1. The van der Waals surface area contributed by atoms with Gasteiger partial charge in [-0.05, 0) is 67.4 Å². The first-order chi connectivity index (χ1) is 13.2. The molecular weight excluding hydrogens is 358 g/mol. The molecule has 0 bridgehead atoms. The lowest BCUT2D eigenvalue weighted by Crippen LogP contribution is -2.42. The summed E-state index contributed by atoms with van der Waals surface area (Å²) in [6.07, 6.45) is 3.25. The van der Waals surface area contributed by atoms with E-state index in [0.717, 1.165) is 38.9 Å². The summed E-state index contributed by atoms with van der Waals surface area (Å²) in [5, 5.41) is 7.50. The van der Waals surface area contributed by atoms with E-state index in [-0.39, 0.29) is 0 Å². The number of rotatable bonds is 6. The van der Waals surface area contributed by atoms with Gasteiger partial charge in [-0.25, -0.2) is 0 Å². The van der Waals surface area contributed by atoms with Gasteiger partial charge in [0.15, 0.2) is 0 Å². The second-order valence-electron chi connectivity index (χ2n) is 6.89. The van der Waals surface area contributed by atoms with Crippen LogP contribution < -0.4 is 10.6 Å². The Labute approximate surface area is 164 Å². The van der Waals surface area contributed by atoms with Crippen molar-refractivity contribution >= 4 is 28.8 Å². The zero-order chi connectivity index (χ0) is 19.1. The van der Waals surface area contributed by atoms with E-state index in [4.69, 9.17) is 0 Å². The van der Waals surface area contributed by atoms with Gasteiger partial charge in [0, 0.05) is 23.7 Å². The van der Waals surface area contributed by atoms with Crippen LogP contribution in [0.25, 0.3) is 0 Å². The first kappa shape index (κ1) is 19.6. The average Bonchev–Trinajstić information content (AvgIpc) is 3.24. The molecule has 2 amide bonds. The Hall–Kier alpha value is -2.18. The maximum absolute atomic E-state index is 12.0. The molecule has 1 saturated heterocycles. The van der Waals surface area contributed by atoms with E-state index in [2.05, 4.69) is 40.0 Å². The predicted molar refractivity (Wildman–Crippen MR) is 110 cm³/mol. The van der Waals surface area contributed by atoms with Gasteiger partial charge in [-0.3, -0.25) is 9.59 Å². The van der Waals surface area contributed by atoms with Gasteiger partial charge in [0.05, 0.1) is 0 Å². The van der Waals surface area contributed by atoms with Crippen molar-refractivity contribution in [2.75, 3.05) is 31.5 Å². The molecule has 144 valence electrons. The van der Waals surface area contributed by atoms with Crippen LogP contribution in [-0.4, -0.2) is 42.9 Å². The van der Waals surface area contributed by atoms with Crippen LogP contribution in [0.4, 0.5) is 5.69 Å². The standard InChI is InChI=1S/C21H27N3O2S/c1-2-16-5-7-18(8-6-16)23-21(26)20(25)22-11-14-24-12-9-17(10-13-24)19-4-3-15-27-19/h3-8,15,17H,2,9-14H2,1H3,(H,22,25)(H,23,26). The zero-order valence-electron chi connectivity index (χ0n) is 15.7. The maximum atomic E-state index is 12.0. The number of anilines is 1. The third kappa shape index (κ3) is 5.65. The topological polar surface area (TPSA) is 61.4 Å². The summed E-state index contributed by atoms with van der Waals surface area (Å²) in [6.45, 7) is 5.42. The summed E-state index contributed by atoms with van der Waals surface area (Å²) >= 11 is 1.84. The van der Waals surface area contributed by atoms with Crippen LogP contribution in [0.1, 0.15) is 36.1 Å². The van der Waals surface area contributed by atoms with Gasteiger partial charge in [-0.15, -0.1) is 11.3 Å². The molecule has 1 aliphatic heterocycles. The summed E-state index contributed by atoms with van der Waals surface area (Å²) < 4.78 is 0. The quantitative estimate of drug-likeness (QED) is 0.751. The number of nitrogens with zero attached hydrogens (tertiary/aromatic N) is 1. The van der Waals surface area contributed by atoms with Gasteiger partial charge in [0.2, 0.25) is 0 Å². The third-order valence-electron chi connectivity index (χ3n) is 5.07. The van der Waals surface area contributed by atoms with E-state index in [9.17, 15) is 9.59 Å². The number of piperidine rings is 1. The van der Waals surface area contributed by atoms with Crippen molar-refractivity contribution < 1.29 is 9.59 Å². The number of aryl methyl sites for hydroxylation is 1. The van der Waals surface area contributed by atoms with Gasteiger partial charge < -0.3 is 15.5 Å². The molecule has 0 saturated carbocycles. The molecule has 2 heterocycles. The summed E-state index contributed by atoms with van der Waals surface area (Å²) in [6, 6.07) is 11.9. The normalized spacial score (nSPS) is 15.4. The minimum Gasteiger partial charge on any atom is -0.347 e. The number of benzene rings is 1. The van der Waals surface area contributed by atoms with Crippen molar-refractivity contribution in [1.29, 1.82) is 0 Å². The monoisotopic (exact) mass is 385 g/mol. The van der Waals surface area contributed by atoms with Gasteiger partial charge in [-0.2, -0.15) is 0 Å². The number of carbonyl (C=O) groups is 2. The predicted octanol–water partition coefficient (Wildman–Crippen LogP) is 3.24. The van der Waals surface area contributed by atoms with Gasteiger partial charge in [-0.1, -0.05) is 25.1 Å². The summed E-state index contributed by atoms with van der Waals surface area (Å²) in [5.41, 5.74) is 1.84. The fraction of sp³-hybridized carbons (Fsp3) is 0.429. The van der Waals surface area contributed by atoms with Crippen molar-refractivity contribution in [3.63, 3.8) is 0 Å². The van der Waals surface area contributed by atoms with Crippen LogP contribution in [-0.2, 0) is 16.0 Å². The summed E-state index contributed by atoms with van der Waals surface area (Å²) in [5.74, 6) is -0.528. The summed E-state index contributed by atoms with van der Waals surface area (Å²) in [7, 11) is 0. The molecule has 0 atom stereocenters. The highest BCUT2D eigenvalue weighted by Crippen LogP contribution is 2.30. The van der Waals surface area contributed by atoms with E-state index < -0.39 is 11.8 Å². The van der Waals surface area contributed by atoms with Crippen LogP contribution >= 0.6 is 11.3 Å². The second-order valence-corrected chi connectivity index (χ2v) is 7.87. The Balaban J connectivity index is 1.35. The number of likely N-dealkylation sites (tertiary alicyclic amines) is 1. The first-order valence-electron chi connectivity index (χ1n) is 9.59. The average molecular weight is 386 g/mol. The molecule has 0 spiro atoms. The third-order valence-corrected chi connectivity index (χ3v) is 6.11. The van der Waals surface area contributed by atoms with E-state index in [1.54, 1.807) is 0 Å². The molecule has 1 aromatic carbocycles. The van der Waals surface area contributed by atoms with E-state index in [0.29, 0.717) is 18.2 Å². The lowest BCUT2D eigenvalue weighted by molar-refractivity contribution is -0.136. The lowest BCUT2D eigenvalue weighted by atomic mass is 9.95. The smallest absolute Gasteiger partial charge is 0.313 e. The van der Waals surface area contributed by atoms with E-state index >= 15 is 0 Å². The minimum absolute atomic E-state index is 0.491. The Morgan fingerprint density at radius 2 is 1.85 bits per heavy atom. The number of hydrogen-bond acceptors (Lipinski definition) is 4. The number of nitrogens with one attached hydrogen (secondary N) is 2. The molecule has 0 aliphatic carbocycles. The zero-order valence-corrected chi connectivity index (χ0v) is 16.6. The molecule has 2 N–H and O–H groups in total. The van der Waals surface area contributed by atoms with Gasteiger partial charge in [0.1, 0.15) is 0 Å². The number of thiophene rings is 1. The van der Waals surface area contributed by atoms with Crippen molar-refractivity contribution in [2.45, 2.75) is 32.1 Å². The molecular formula is C21H27N3O2S. The molecule has 1 fully saturated rings. The highest BCUT2D eigenvalue weighted by Gasteiger charge is 2.21. The van der Waals surface area contributed by atoms with Gasteiger partial charge >= 0.3 is 11.8 Å². The fourth-order valence-electron chi connectivity index (χ4n) is 3.38. The molecule has 0 radical (unpaired) electrons. The number of carbonyl (C=O) groups excluding carboxylic acids is 2. The minimum atomic E-state index is -0.615. The molecule has 1 aliphatic rings. The van der Waals surface area contributed by atoms with Crippen molar-refractivity contribution in [3.8, 4) is 0 Å². The summed E-state index contributed by atoms with van der Waals surface area (Å²) in [4.78, 5) is 27.8. The van der Waals surface area contributed by atoms with Crippen molar-refractivity contribution in [1.82, 2.24) is 10.2 Å². The van der Waals surface area contributed by atoms with E-state index in [1.165, 1.54) is 10.4 Å². The molecule has 1 aromatic heterocycles. The molecule has 27 heavy (non-hydrogen) atoms. The molecule has 6 heteroatoms. The Bertz CT molecular complexity index is 735. The number of amides is 2. The van der Waals surface area contributed by atoms with E-state index in [1.807, 2.05) is 35.6 Å². The van der Waals surface area contributed by atoms with Crippen LogP contribution in [0.2, 0.25) is 0 Å². The SMILES string of the molecule is CCc1ccc(NC(=O)C(=O)NCCN2CCC(c3cccs3)CC2)cc1. The van der Waals surface area contributed by atoms with Crippen LogP contribution in [0.5, 0.6) is 0 Å². The molecule has 5 nitrogen and oxygen atoms in total. The van der Waals surface area contributed by atoms with Crippen molar-refractivity contribution in [2.24, 2.45) is 0 Å². The molecule has 2 aromatic rings. The van der Waals surface area contributed by atoms with Gasteiger partial charge in [0.25, 0.3) is 0 Å². The molecule has 0 unspecified atom stereocenters. The number of hydrogen-bond donors (Lipinski definition) is 2. The largest absolute Gasteiger partial charge is 0.347 e. The second kappa shape index (κ2) is 9.67. The van der Waals surface area contributed by atoms with Crippen LogP contribution in [0.15, 0.2) is 41.8 Å². The van der Waals surface area contributed by atoms with Crippen molar-refractivity contribution in [3.05, 3.63) is 52.2 Å². The van der Waals surface area contributed by atoms with Crippen LogP contribution in [0.3, 0.4) is 0 Å². The first-order valence-corrected chi connectivity index (χ1v) is 10.5. The highest BCUT2D eigenvalue weighted by molar-refractivity contribution is 7.10. The maximum Gasteiger partial charge on any atom is 0.313 e. The Morgan fingerprint density at radius 1 is 1.11 bits per heavy atom. The Kier molecular flexibility index (Phi) is 7.01. The van der Waals surface area contributed by atoms with Crippen LogP contribution in [0, 0.1) is 0 Å². The fourth-order valence-corrected chi connectivity index (χ4v) is 4.28. The lowest BCUT2D eigenvalue weighted by Gasteiger charge is -2.31.